The molecule has 1 aromatic heterocycles. The summed E-state index contributed by atoms with van der Waals surface area (Å²) in [5.41, 5.74) is 0.646. The first kappa shape index (κ1) is 16.6. The van der Waals surface area contributed by atoms with Crippen molar-refractivity contribution in [3.63, 3.8) is 0 Å². The molecule has 2 heterocycles. The highest BCUT2D eigenvalue weighted by Gasteiger charge is 2.27. The number of fused-ring (bicyclic) bond motifs is 1. The largest absolute Gasteiger partial charge is 0.301 e. The number of nitrogens with one attached hydrogen (secondary N) is 1. The van der Waals surface area contributed by atoms with E-state index >= 15 is 0 Å². The lowest BCUT2D eigenvalue weighted by molar-refractivity contribution is -0.115. The van der Waals surface area contributed by atoms with E-state index < -0.39 is 15.4 Å². The van der Waals surface area contributed by atoms with Crippen LogP contribution in [0.15, 0.2) is 23.1 Å². The molecule has 0 aliphatic carbocycles. The second-order valence-corrected chi connectivity index (χ2v) is 8.99. The standard InChI is InChI=1S/C14H16ClN3O3S2/c1-9(15)13(19)17-14-16-11-5-4-10(8-12(11)22-14)23(20,21)18-6-2-3-7-18/h4-5,8-9H,2-3,6-7H2,1H3,(H,16,17,19). The van der Waals surface area contributed by atoms with Gasteiger partial charge in [0.2, 0.25) is 15.9 Å². The molecule has 9 heteroatoms. The molecule has 1 amide bonds. The van der Waals surface area contributed by atoms with Crippen molar-refractivity contribution >= 4 is 54.2 Å². The Morgan fingerprint density at radius 1 is 1.39 bits per heavy atom. The second kappa shape index (κ2) is 6.35. The monoisotopic (exact) mass is 373 g/mol. The van der Waals surface area contributed by atoms with E-state index in [-0.39, 0.29) is 10.8 Å². The van der Waals surface area contributed by atoms with E-state index in [1.54, 1.807) is 25.1 Å². The average Bonchev–Trinajstić information content (AvgIpc) is 3.15. The van der Waals surface area contributed by atoms with Gasteiger partial charge in [-0.05, 0) is 38.0 Å². The predicted octanol–water partition coefficient (Wildman–Crippen LogP) is 2.65. The third-order valence-corrected chi connectivity index (χ3v) is 6.68. The van der Waals surface area contributed by atoms with Crippen LogP contribution in [0.25, 0.3) is 10.2 Å². The zero-order chi connectivity index (χ0) is 16.6. The molecule has 3 rings (SSSR count). The van der Waals surface area contributed by atoms with Gasteiger partial charge in [-0.15, -0.1) is 11.6 Å². The van der Waals surface area contributed by atoms with Crippen LogP contribution in [0.1, 0.15) is 19.8 Å². The number of carbonyl (C=O) groups excluding carboxylic acids is 1. The number of rotatable bonds is 4. The first-order valence-corrected chi connectivity index (χ1v) is 9.93. The van der Waals surface area contributed by atoms with Gasteiger partial charge in [-0.2, -0.15) is 4.31 Å². The van der Waals surface area contributed by atoms with Gasteiger partial charge in [0.1, 0.15) is 5.38 Å². The first-order chi connectivity index (χ1) is 10.9. The number of hydrogen-bond donors (Lipinski definition) is 1. The Hall–Kier alpha value is -1.22. The Morgan fingerprint density at radius 3 is 2.74 bits per heavy atom. The molecular weight excluding hydrogens is 358 g/mol. The molecule has 6 nitrogen and oxygen atoms in total. The lowest BCUT2D eigenvalue weighted by atomic mass is 10.3. The summed E-state index contributed by atoms with van der Waals surface area (Å²) in [4.78, 5) is 16.1. The second-order valence-electron chi connectivity index (χ2n) is 5.36. The summed E-state index contributed by atoms with van der Waals surface area (Å²) in [5.74, 6) is -0.337. The van der Waals surface area contributed by atoms with Crippen LogP contribution < -0.4 is 5.32 Å². The Kier molecular flexibility index (Phi) is 4.59. The minimum Gasteiger partial charge on any atom is -0.301 e. The molecule has 2 aromatic rings. The zero-order valence-corrected chi connectivity index (χ0v) is 14.8. The number of benzene rings is 1. The Bertz CT molecular complexity index is 842. The molecule has 1 aromatic carbocycles. The minimum absolute atomic E-state index is 0.263. The van der Waals surface area contributed by atoms with Crippen LogP contribution >= 0.6 is 22.9 Å². The summed E-state index contributed by atoms with van der Waals surface area (Å²) < 4.78 is 27.4. The van der Waals surface area contributed by atoms with Crippen molar-refractivity contribution < 1.29 is 13.2 Å². The predicted molar refractivity (Wildman–Crippen MR) is 91.6 cm³/mol. The molecule has 1 unspecified atom stereocenters. The van der Waals surface area contributed by atoms with Gasteiger partial charge in [0.05, 0.1) is 15.1 Å². The van der Waals surface area contributed by atoms with Gasteiger partial charge in [-0.1, -0.05) is 11.3 Å². The fourth-order valence-corrected chi connectivity index (χ4v) is 4.98. The molecule has 1 aliphatic heterocycles. The third kappa shape index (κ3) is 3.35. The summed E-state index contributed by atoms with van der Waals surface area (Å²) in [5, 5.41) is 2.37. The van der Waals surface area contributed by atoms with Crippen molar-refractivity contribution in [1.82, 2.24) is 9.29 Å². The number of alkyl halides is 1. The molecule has 23 heavy (non-hydrogen) atoms. The average molecular weight is 374 g/mol. The van der Waals surface area contributed by atoms with E-state index in [4.69, 9.17) is 11.6 Å². The third-order valence-electron chi connectivity index (χ3n) is 3.65. The van der Waals surface area contributed by atoms with Crippen molar-refractivity contribution in [2.45, 2.75) is 30.0 Å². The smallest absolute Gasteiger partial charge is 0.243 e. The van der Waals surface area contributed by atoms with Gasteiger partial charge in [0.25, 0.3) is 0 Å². The number of nitrogens with zero attached hydrogens (tertiary/aromatic N) is 2. The lowest BCUT2D eigenvalue weighted by Gasteiger charge is -2.15. The highest BCUT2D eigenvalue weighted by molar-refractivity contribution is 7.89. The fraction of sp³-hybridized carbons (Fsp3) is 0.429. The zero-order valence-electron chi connectivity index (χ0n) is 12.5. The Morgan fingerprint density at radius 2 is 2.09 bits per heavy atom. The molecule has 1 atom stereocenters. The quantitative estimate of drug-likeness (QED) is 0.835. The van der Waals surface area contributed by atoms with E-state index in [1.807, 2.05) is 0 Å². The molecule has 0 radical (unpaired) electrons. The highest BCUT2D eigenvalue weighted by atomic mass is 35.5. The molecule has 1 N–H and O–H groups in total. The summed E-state index contributed by atoms with van der Waals surface area (Å²) in [6.07, 6.45) is 1.80. The summed E-state index contributed by atoms with van der Waals surface area (Å²) in [6, 6.07) is 4.83. The SMILES string of the molecule is CC(Cl)C(=O)Nc1nc2ccc(S(=O)(=O)N3CCCC3)cc2s1. The van der Waals surface area contributed by atoms with Crippen molar-refractivity contribution in [1.29, 1.82) is 0 Å². The number of thiazole rings is 1. The topological polar surface area (TPSA) is 79.4 Å². The van der Waals surface area contributed by atoms with E-state index in [0.29, 0.717) is 28.4 Å². The van der Waals surface area contributed by atoms with Gasteiger partial charge in [-0.3, -0.25) is 4.79 Å². The van der Waals surface area contributed by atoms with Gasteiger partial charge in [0, 0.05) is 13.1 Å². The molecule has 0 bridgehead atoms. The van der Waals surface area contributed by atoms with Crippen molar-refractivity contribution in [2.24, 2.45) is 0 Å². The van der Waals surface area contributed by atoms with Crippen molar-refractivity contribution in [3.05, 3.63) is 18.2 Å². The van der Waals surface area contributed by atoms with E-state index in [1.165, 1.54) is 15.6 Å². The molecular formula is C14H16ClN3O3S2. The number of halogens is 1. The van der Waals surface area contributed by atoms with Crippen molar-refractivity contribution in [3.8, 4) is 0 Å². The summed E-state index contributed by atoms with van der Waals surface area (Å²) >= 11 is 6.95. The van der Waals surface area contributed by atoms with E-state index in [0.717, 1.165) is 12.8 Å². The maximum absolute atomic E-state index is 12.6. The van der Waals surface area contributed by atoms with Gasteiger partial charge in [0.15, 0.2) is 5.13 Å². The highest BCUT2D eigenvalue weighted by Crippen LogP contribution is 2.30. The number of aromatic nitrogens is 1. The van der Waals surface area contributed by atoms with Crippen molar-refractivity contribution in [2.75, 3.05) is 18.4 Å². The van der Waals surface area contributed by atoms with Crippen LogP contribution in [0.5, 0.6) is 0 Å². The maximum Gasteiger partial charge on any atom is 0.243 e. The number of anilines is 1. The minimum atomic E-state index is -3.45. The molecule has 1 fully saturated rings. The number of hydrogen-bond acceptors (Lipinski definition) is 5. The van der Waals surface area contributed by atoms with Crippen LogP contribution in [0, 0.1) is 0 Å². The lowest BCUT2D eigenvalue weighted by Crippen LogP contribution is -2.27. The van der Waals surface area contributed by atoms with Gasteiger partial charge in [-0.25, -0.2) is 13.4 Å². The van der Waals surface area contributed by atoms with Crippen LogP contribution in [0.4, 0.5) is 5.13 Å². The number of sulfonamides is 1. The van der Waals surface area contributed by atoms with E-state index in [2.05, 4.69) is 10.3 Å². The normalized spacial score (nSPS) is 17.5. The first-order valence-electron chi connectivity index (χ1n) is 7.23. The Labute approximate surface area is 143 Å². The molecule has 1 aliphatic rings. The van der Waals surface area contributed by atoms with Gasteiger partial charge >= 0.3 is 0 Å². The fourth-order valence-electron chi connectivity index (χ4n) is 2.40. The summed E-state index contributed by atoms with van der Waals surface area (Å²) in [7, 11) is -3.45. The van der Waals surface area contributed by atoms with E-state index in [9.17, 15) is 13.2 Å². The van der Waals surface area contributed by atoms with Crippen LogP contribution in [0.3, 0.4) is 0 Å². The molecule has 124 valence electrons. The summed E-state index contributed by atoms with van der Waals surface area (Å²) in [6.45, 7) is 2.71. The maximum atomic E-state index is 12.6. The van der Waals surface area contributed by atoms with Gasteiger partial charge < -0.3 is 5.32 Å². The molecule has 1 saturated heterocycles. The molecule has 0 spiro atoms. The number of carbonyl (C=O) groups is 1. The van der Waals surface area contributed by atoms with Crippen LogP contribution in [-0.2, 0) is 14.8 Å². The molecule has 0 saturated carbocycles. The number of amides is 1. The van der Waals surface area contributed by atoms with Crippen LogP contribution in [-0.4, -0.2) is 42.1 Å². The van der Waals surface area contributed by atoms with Crippen LogP contribution in [0.2, 0.25) is 0 Å². The Balaban J connectivity index is 1.91.